The molecule has 1 aliphatic heterocycles. The molecule has 15 nitrogen and oxygen atoms in total. The van der Waals surface area contributed by atoms with Crippen molar-refractivity contribution < 1.29 is 42.9 Å². The summed E-state index contributed by atoms with van der Waals surface area (Å²) < 4.78 is 27.8. The van der Waals surface area contributed by atoms with Gasteiger partial charge in [0.05, 0.1) is 0 Å². The van der Waals surface area contributed by atoms with Crippen molar-refractivity contribution in [1.29, 1.82) is 0 Å². The second-order valence-electron chi connectivity index (χ2n) is 7.52. The van der Waals surface area contributed by atoms with Crippen LogP contribution in [0.5, 0.6) is 0 Å². The maximum Gasteiger partial charge on any atom is 0.311 e. The number of aromatic amines is 1. The Morgan fingerprint density at radius 3 is 2.31 bits per heavy atom. The number of anilines is 1. The summed E-state index contributed by atoms with van der Waals surface area (Å²) in [6.07, 6.45) is -4.55. The van der Waals surface area contributed by atoms with Crippen molar-refractivity contribution >= 4 is 51.5 Å². The highest BCUT2D eigenvalue weighted by atomic mass is 32.1. The van der Waals surface area contributed by atoms with Crippen LogP contribution < -0.4 is 16.2 Å². The Hall–Kier alpha value is -3.79. The van der Waals surface area contributed by atoms with E-state index in [1.165, 1.54) is 0 Å². The van der Waals surface area contributed by atoms with Crippen LogP contribution in [-0.2, 0) is 42.9 Å². The number of fused-ring (bicyclic) bond motifs is 1. The lowest BCUT2D eigenvalue weighted by Gasteiger charge is -2.36. The number of nitrogens with one attached hydrogen (secondary N) is 1. The smallest absolute Gasteiger partial charge is 0.311 e. The number of nitrogens with zero attached hydrogens (tertiary/aromatic N) is 2. The largest absolute Gasteiger partial charge is 0.463 e. The molecular weight excluding hydrogens is 492 g/mol. The number of nitrogen functional groups attached to an aromatic ring is 1. The summed E-state index contributed by atoms with van der Waals surface area (Å²) in [6, 6.07) is 0. The number of esters is 4. The molecule has 0 radical (unpaired) electrons. The highest BCUT2D eigenvalue weighted by molar-refractivity contribution is 7.16. The van der Waals surface area contributed by atoms with Crippen LogP contribution in [0, 0.1) is 0 Å². The Labute approximate surface area is 200 Å². The summed E-state index contributed by atoms with van der Waals surface area (Å²) in [4.78, 5) is 78.1. The third-order valence-electron chi connectivity index (χ3n) is 4.90. The first-order valence-electron chi connectivity index (χ1n) is 10.1. The van der Waals surface area contributed by atoms with Crippen LogP contribution in [0.2, 0.25) is 0 Å². The maximum atomic E-state index is 12.9. The molecule has 16 heteroatoms. The second-order valence-corrected chi connectivity index (χ2v) is 8.48. The molecule has 0 unspecified atom stereocenters. The van der Waals surface area contributed by atoms with Gasteiger partial charge >= 0.3 is 28.8 Å². The number of carbonyl (C=O) groups excluding carboxylic acids is 4. The Kier molecular flexibility index (Phi) is 7.25. The van der Waals surface area contributed by atoms with Gasteiger partial charge in [-0.3, -0.25) is 38.3 Å². The number of H-pyrrole nitrogens is 1. The standard InChI is InChI=1S/C19H22N4O11S/c1-7(24)30-5-11-19(34-10(4)27,6-31-8(2)25)13(32-9(3)26)16(33-11)23-14-12(35-18(23)29)15(28)22-17(20)21-14/h11,13,16H,5-6H2,1-4H3,(H3,20,21,22,28)/t11-,13+,16-,19+/m1/s1. The first-order valence-corrected chi connectivity index (χ1v) is 10.9. The van der Waals surface area contributed by atoms with E-state index in [0.717, 1.165) is 32.3 Å². The van der Waals surface area contributed by atoms with Crippen LogP contribution in [0.1, 0.15) is 33.9 Å². The van der Waals surface area contributed by atoms with Crippen LogP contribution in [-0.4, -0.2) is 69.4 Å². The van der Waals surface area contributed by atoms with E-state index >= 15 is 0 Å². The molecule has 3 heterocycles. The lowest BCUT2D eigenvalue weighted by atomic mass is 9.92. The quantitative estimate of drug-likeness (QED) is 0.335. The molecule has 0 bridgehead atoms. The summed E-state index contributed by atoms with van der Waals surface area (Å²) in [5.74, 6) is -3.54. The number of hydrogen-bond acceptors (Lipinski definition) is 14. The monoisotopic (exact) mass is 514 g/mol. The van der Waals surface area contributed by atoms with Crippen LogP contribution in [0.3, 0.4) is 0 Å². The Morgan fingerprint density at radius 1 is 1.09 bits per heavy atom. The number of thiazole rings is 1. The van der Waals surface area contributed by atoms with E-state index < -0.39 is 71.6 Å². The predicted octanol–water partition coefficient (Wildman–Crippen LogP) is -1.01. The molecule has 0 amide bonds. The van der Waals surface area contributed by atoms with Gasteiger partial charge < -0.3 is 29.4 Å². The topological polar surface area (TPSA) is 208 Å². The average molecular weight is 514 g/mol. The van der Waals surface area contributed by atoms with E-state index in [4.69, 9.17) is 29.4 Å². The van der Waals surface area contributed by atoms with E-state index in [1.807, 2.05) is 0 Å². The van der Waals surface area contributed by atoms with Crippen LogP contribution in [0.25, 0.3) is 10.3 Å². The summed E-state index contributed by atoms with van der Waals surface area (Å²) in [6.45, 7) is 3.08. The van der Waals surface area contributed by atoms with Crippen molar-refractivity contribution in [3.8, 4) is 0 Å². The van der Waals surface area contributed by atoms with Gasteiger partial charge in [-0.05, 0) is 0 Å². The number of carbonyl (C=O) groups is 4. The fraction of sp³-hybridized carbons (Fsp3) is 0.526. The second kappa shape index (κ2) is 9.83. The zero-order valence-electron chi connectivity index (χ0n) is 19.0. The normalized spacial score (nSPS) is 23.6. The number of aromatic nitrogens is 3. The molecule has 1 fully saturated rings. The first kappa shape index (κ1) is 25.8. The van der Waals surface area contributed by atoms with Gasteiger partial charge in [-0.1, -0.05) is 11.3 Å². The van der Waals surface area contributed by atoms with Gasteiger partial charge in [-0.25, -0.2) is 0 Å². The van der Waals surface area contributed by atoms with Gasteiger partial charge in [-0.15, -0.1) is 0 Å². The minimum atomic E-state index is -2.05. The van der Waals surface area contributed by atoms with E-state index in [0.29, 0.717) is 11.3 Å². The highest BCUT2D eigenvalue weighted by Crippen LogP contribution is 2.43. The molecule has 0 saturated carbocycles. The summed E-state index contributed by atoms with van der Waals surface area (Å²) >= 11 is 0.520. The third-order valence-corrected chi connectivity index (χ3v) is 5.84. The van der Waals surface area contributed by atoms with Crippen molar-refractivity contribution in [1.82, 2.24) is 14.5 Å². The third kappa shape index (κ3) is 5.17. The molecule has 2 aromatic rings. The van der Waals surface area contributed by atoms with Gasteiger partial charge in [0.1, 0.15) is 24.0 Å². The van der Waals surface area contributed by atoms with Gasteiger partial charge in [0, 0.05) is 27.7 Å². The number of ether oxygens (including phenoxy) is 5. The van der Waals surface area contributed by atoms with E-state index in [2.05, 4.69) is 9.97 Å². The van der Waals surface area contributed by atoms with Gasteiger partial charge in [-0.2, -0.15) is 4.98 Å². The van der Waals surface area contributed by atoms with Gasteiger partial charge in [0.25, 0.3) is 5.56 Å². The molecule has 0 aliphatic carbocycles. The van der Waals surface area contributed by atoms with E-state index in [-0.39, 0.29) is 16.3 Å². The fourth-order valence-corrected chi connectivity index (χ4v) is 4.51. The molecule has 4 atom stereocenters. The number of nitrogens with two attached hydrogens (primary N) is 1. The van der Waals surface area contributed by atoms with Crippen LogP contribution in [0.15, 0.2) is 9.59 Å². The maximum absolute atomic E-state index is 12.9. The first-order chi connectivity index (χ1) is 16.4. The van der Waals surface area contributed by atoms with Crippen molar-refractivity contribution in [2.45, 2.75) is 51.7 Å². The molecule has 3 rings (SSSR count). The molecule has 1 saturated heterocycles. The minimum absolute atomic E-state index is 0.101. The Morgan fingerprint density at radius 2 is 1.74 bits per heavy atom. The van der Waals surface area contributed by atoms with Crippen LogP contribution >= 0.6 is 11.3 Å². The highest BCUT2D eigenvalue weighted by Gasteiger charge is 2.64. The Balaban J connectivity index is 2.27. The molecule has 2 aromatic heterocycles. The van der Waals surface area contributed by atoms with E-state index in [9.17, 15) is 28.8 Å². The fourth-order valence-electron chi connectivity index (χ4n) is 3.67. The number of hydrogen-bond donors (Lipinski definition) is 2. The van der Waals surface area contributed by atoms with Gasteiger partial charge in [0.15, 0.2) is 18.0 Å². The zero-order chi connectivity index (χ0) is 26.1. The molecule has 190 valence electrons. The van der Waals surface area contributed by atoms with Crippen LogP contribution in [0.4, 0.5) is 5.95 Å². The average Bonchev–Trinajstić information content (AvgIpc) is 3.19. The predicted molar refractivity (Wildman–Crippen MR) is 116 cm³/mol. The lowest BCUT2D eigenvalue weighted by Crippen LogP contribution is -2.57. The lowest BCUT2D eigenvalue weighted by molar-refractivity contribution is -0.200. The summed E-state index contributed by atoms with van der Waals surface area (Å²) in [5, 5.41) is 0. The van der Waals surface area contributed by atoms with Gasteiger partial charge in [0.2, 0.25) is 11.5 Å². The summed E-state index contributed by atoms with van der Waals surface area (Å²) in [7, 11) is 0. The zero-order valence-corrected chi connectivity index (χ0v) is 19.8. The molecule has 35 heavy (non-hydrogen) atoms. The van der Waals surface area contributed by atoms with Crippen molar-refractivity contribution in [3.63, 3.8) is 0 Å². The summed E-state index contributed by atoms with van der Waals surface area (Å²) in [5.41, 5.74) is 2.70. The van der Waals surface area contributed by atoms with E-state index in [1.54, 1.807) is 0 Å². The molecule has 0 aromatic carbocycles. The van der Waals surface area contributed by atoms with Crippen molar-refractivity contribution in [2.75, 3.05) is 18.9 Å². The molecule has 1 aliphatic rings. The van der Waals surface area contributed by atoms with Crippen molar-refractivity contribution in [2.24, 2.45) is 0 Å². The minimum Gasteiger partial charge on any atom is -0.463 e. The molecule has 3 N–H and O–H groups in total. The molecular formula is C19H22N4O11S. The number of rotatable bonds is 7. The van der Waals surface area contributed by atoms with Crippen molar-refractivity contribution in [3.05, 3.63) is 20.0 Å². The Bertz CT molecular complexity index is 1300. The molecule has 0 spiro atoms. The SMILES string of the molecule is CC(=O)OC[C@H]1O[C@@H](n2c(=O)sc3c(=O)[nH]c(N)nc32)[C@H](OC(C)=O)[C@@]1(COC(C)=O)OC(C)=O.